The third-order valence-corrected chi connectivity index (χ3v) is 3.38. The van der Waals surface area contributed by atoms with Crippen LogP contribution in [0, 0.1) is 0 Å². The normalized spacial score (nSPS) is 17.4. The molecule has 1 fully saturated rings. The Morgan fingerprint density at radius 2 is 2.11 bits per heavy atom. The van der Waals surface area contributed by atoms with Gasteiger partial charge in [0.2, 0.25) is 5.91 Å². The van der Waals surface area contributed by atoms with Gasteiger partial charge in [-0.1, -0.05) is 0 Å². The Balaban J connectivity index is 1.76. The van der Waals surface area contributed by atoms with Gasteiger partial charge < -0.3 is 10.0 Å². The summed E-state index contributed by atoms with van der Waals surface area (Å²) < 4.78 is 1.67. The minimum atomic E-state index is 0.168. The van der Waals surface area contributed by atoms with E-state index in [2.05, 4.69) is 15.0 Å². The van der Waals surface area contributed by atoms with Crippen molar-refractivity contribution in [1.82, 2.24) is 24.6 Å². The van der Waals surface area contributed by atoms with E-state index in [4.69, 9.17) is 5.11 Å². The van der Waals surface area contributed by atoms with Gasteiger partial charge in [-0.3, -0.25) is 14.4 Å². The summed E-state index contributed by atoms with van der Waals surface area (Å²) in [7, 11) is 0. The summed E-state index contributed by atoms with van der Waals surface area (Å²) in [6.45, 7) is 4.80. The molecule has 0 aromatic carbocycles. The smallest absolute Gasteiger partial charge is 0.224 e. The lowest BCUT2D eigenvalue weighted by molar-refractivity contribution is -0.131. The Bertz CT molecular complexity index is 381. The van der Waals surface area contributed by atoms with Gasteiger partial charge in [-0.2, -0.15) is 5.10 Å². The Morgan fingerprint density at radius 1 is 1.21 bits per heavy atom. The highest BCUT2D eigenvalue weighted by atomic mass is 16.3. The van der Waals surface area contributed by atoms with Gasteiger partial charge in [-0.05, 0) is 13.0 Å². The Labute approximate surface area is 112 Å². The van der Waals surface area contributed by atoms with E-state index in [9.17, 15) is 4.79 Å². The molecule has 1 saturated heterocycles. The van der Waals surface area contributed by atoms with Crippen molar-refractivity contribution in [2.45, 2.75) is 19.4 Å². The van der Waals surface area contributed by atoms with Crippen LogP contribution in [0.15, 0.2) is 12.7 Å². The maximum absolute atomic E-state index is 12.1. The molecule has 0 bridgehead atoms. The van der Waals surface area contributed by atoms with Gasteiger partial charge in [-0.25, -0.2) is 4.98 Å². The number of nitrogens with zero attached hydrogens (tertiary/aromatic N) is 5. The first-order valence-electron chi connectivity index (χ1n) is 6.73. The maximum Gasteiger partial charge on any atom is 0.224 e. The molecule has 2 heterocycles. The summed E-state index contributed by atoms with van der Waals surface area (Å²) in [5, 5.41) is 12.9. The van der Waals surface area contributed by atoms with Crippen LogP contribution in [-0.2, 0) is 11.3 Å². The average molecular weight is 267 g/mol. The highest BCUT2D eigenvalue weighted by Gasteiger charge is 2.18. The average Bonchev–Trinajstić information content (AvgIpc) is 2.82. The van der Waals surface area contributed by atoms with Crippen molar-refractivity contribution in [3.8, 4) is 0 Å². The van der Waals surface area contributed by atoms with Crippen molar-refractivity contribution in [2.24, 2.45) is 0 Å². The standard InChI is InChI=1S/C12H21N5O2/c18-9-8-15-3-1-4-16(7-6-15)12(19)2-5-17-11-13-10-14-17/h10-11,18H,1-9H2. The first-order valence-corrected chi connectivity index (χ1v) is 6.73. The molecule has 1 N–H and O–H groups in total. The second-order valence-corrected chi connectivity index (χ2v) is 4.71. The number of amides is 1. The van der Waals surface area contributed by atoms with Crippen LogP contribution in [0.3, 0.4) is 0 Å². The molecule has 1 aromatic heterocycles. The molecule has 1 aliphatic heterocycles. The number of carbonyl (C=O) groups is 1. The van der Waals surface area contributed by atoms with E-state index in [-0.39, 0.29) is 12.5 Å². The fourth-order valence-corrected chi connectivity index (χ4v) is 2.30. The van der Waals surface area contributed by atoms with Crippen LogP contribution in [0.4, 0.5) is 0 Å². The Kier molecular flexibility index (Phi) is 5.29. The molecule has 0 spiro atoms. The maximum atomic E-state index is 12.1. The van der Waals surface area contributed by atoms with Crippen LogP contribution >= 0.6 is 0 Å². The number of hydrogen-bond donors (Lipinski definition) is 1. The first kappa shape index (κ1) is 14.0. The van der Waals surface area contributed by atoms with E-state index in [0.717, 1.165) is 32.6 Å². The van der Waals surface area contributed by atoms with Gasteiger partial charge in [0, 0.05) is 32.6 Å². The van der Waals surface area contributed by atoms with Crippen LogP contribution in [-0.4, -0.2) is 74.9 Å². The van der Waals surface area contributed by atoms with E-state index < -0.39 is 0 Å². The highest BCUT2D eigenvalue weighted by Crippen LogP contribution is 2.05. The highest BCUT2D eigenvalue weighted by molar-refractivity contribution is 5.76. The summed E-state index contributed by atoms with van der Waals surface area (Å²) in [5.74, 6) is 0.168. The van der Waals surface area contributed by atoms with E-state index in [1.807, 2.05) is 4.90 Å². The van der Waals surface area contributed by atoms with Crippen LogP contribution in [0.5, 0.6) is 0 Å². The molecule has 1 amide bonds. The quantitative estimate of drug-likeness (QED) is 0.755. The van der Waals surface area contributed by atoms with Crippen LogP contribution in [0.1, 0.15) is 12.8 Å². The van der Waals surface area contributed by atoms with Crippen LogP contribution in [0.25, 0.3) is 0 Å². The van der Waals surface area contributed by atoms with Gasteiger partial charge in [0.15, 0.2) is 0 Å². The molecule has 0 aliphatic carbocycles. The zero-order valence-electron chi connectivity index (χ0n) is 11.1. The lowest BCUT2D eigenvalue weighted by Gasteiger charge is -2.21. The number of carbonyl (C=O) groups excluding carboxylic acids is 1. The van der Waals surface area contributed by atoms with Crippen molar-refractivity contribution in [2.75, 3.05) is 39.3 Å². The van der Waals surface area contributed by atoms with Gasteiger partial charge in [-0.15, -0.1) is 0 Å². The molecule has 19 heavy (non-hydrogen) atoms. The molecule has 0 unspecified atom stereocenters. The molecule has 7 nitrogen and oxygen atoms in total. The van der Waals surface area contributed by atoms with Gasteiger partial charge in [0.25, 0.3) is 0 Å². The number of hydrogen-bond acceptors (Lipinski definition) is 5. The van der Waals surface area contributed by atoms with Crippen molar-refractivity contribution in [3.63, 3.8) is 0 Å². The molecule has 0 atom stereocenters. The predicted octanol–water partition coefficient (Wildman–Crippen LogP) is -0.805. The van der Waals surface area contributed by atoms with E-state index >= 15 is 0 Å². The second kappa shape index (κ2) is 7.20. The van der Waals surface area contributed by atoms with Gasteiger partial charge in [0.1, 0.15) is 12.7 Å². The molecule has 0 radical (unpaired) electrons. The number of rotatable bonds is 5. The van der Waals surface area contributed by atoms with Crippen molar-refractivity contribution in [3.05, 3.63) is 12.7 Å². The SMILES string of the molecule is O=C(CCn1cncn1)N1CCCN(CCO)CC1. The molecule has 1 aliphatic rings. The minimum Gasteiger partial charge on any atom is -0.395 e. The van der Waals surface area contributed by atoms with Gasteiger partial charge >= 0.3 is 0 Å². The monoisotopic (exact) mass is 267 g/mol. The predicted molar refractivity (Wildman–Crippen MR) is 69.4 cm³/mol. The summed E-state index contributed by atoms with van der Waals surface area (Å²) in [4.78, 5) is 20.1. The molecule has 106 valence electrons. The Hall–Kier alpha value is -1.47. The number of aromatic nitrogens is 3. The number of β-amino-alcohol motifs (C(OH)–C–C–N with tert-alkyl or cyclic N) is 1. The van der Waals surface area contributed by atoms with Gasteiger partial charge in [0.05, 0.1) is 13.2 Å². The van der Waals surface area contributed by atoms with E-state index in [1.165, 1.54) is 6.33 Å². The molecule has 1 aromatic rings. The zero-order chi connectivity index (χ0) is 13.5. The summed E-state index contributed by atoms with van der Waals surface area (Å²) in [5.41, 5.74) is 0. The molecular weight excluding hydrogens is 246 g/mol. The minimum absolute atomic E-state index is 0.168. The number of aliphatic hydroxyl groups excluding tert-OH is 1. The molecule has 2 rings (SSSR count). The third-order valence-electron chi connectivity index (χ3n) is 3.38. The second-order valence-electron chi connectivity index (χ2n) is 4.71. The summed E-state index contributed by atoms with van der Waals surface area (Å²) in [6.07, 6.45) is 4.53. The van der Waals surface area contributed by atoms with Crippen molar-refractivity contribution >= 4 is 5.91 Å². The number of aryl methyl sites for hydroxylation is 1. The molecule has 7 heteroatoms. The first-order chi connectivity index (χ1) is 9.29. The van der Waals surface area contributed by atoms with E-state index in [1.54, 1.807) is 11.0 Å². The molecule has 0 saturated carbocycles. The lowest BCUT2D eigenvalue weighted by Crippen LogP contribution is -2.36. The van der Waals surface area contributed by atoms with Crippen LogP contribution in [0.2, 0.25) is 0 Å². The lowest BCUT2D eigenvalue weighted by atomic mass is 10.3. The number of aliphatic hydroxyl groups is 1. The van der Waals surface area contributed by atoms with E-state index in [0.29, 0.717) is 19.5 Å². The fourth-order valence-electron chi connectivity index (χ4n) is 2.30. The largest absolute Gasteiger partial charge is 0.395 e. The van der Waals surface area contributed by atoms with Crippen LogP contribution < -0.4 is 0 Å². The Morgan fingerprint density at radius 3 is 2.84 bits per heavy atom. The van der Waals surface area contributed by atoms with Crippen molar-refractivity contribution < 1.29 is 9.90 Å². The third kappa shape index (κ3) is 4.29. The fraction of sp³-hybridized carbons (Fsp3) is 0.750. The molecular formula is C12H21N5O2. The topological polar surface area (TPSA) is 74.5 Å². The van der Waals surface area contributed by atoms with Crippen molar-refractivity contribution in [1.29, 1.82) is 0 Å². The summed E-state index contributed by atoms with van der Waals surface area (Å²) >= 11 is 0. The summed E-state index contributed by atoms with van der Waals surface area (Å²) in [6, 6.07) is 0. The zero-order valence-corrected chi connectivity index (χ0v) is 11.1.